The highest BCUT2D eigenvalue weighted by Gasteiger charge is 2.11. The van der Waals surface area contributed by atoms with Gasteiger partial charge in [0.05, 0.1) is 6.42 Å². The molecular formula is C14H19NO4. The number of carboxylic acid groups (broad SMARTS) is 1. The van der Waals surface area contributed by atoms with Crippen LogP contribution in [0.3, 0.4) is 0 Å². The van der Waals surface area contributed by atoms with Crippen molar-refractivity contribution >= 4 is 11.9 Å². The van der Waals surface area contributed by atoms with E-state index in [9.17, 15) is 9.59 Å². The number of ether oxygens (including phenoxy) is 1. The van der Waals surface area contributed by atoms with Gasteiger partial charge in [0.1, 0.15) is 5.75 Å². The molecule has 19 heavy (non-hydrogen) atoms. The summed E-state index contributed by atoms with van der Waals surface area (Å²) in [6.45, 7) is 5.49. The summed E-state index contributed by atoms with van der Waals surface area (Å²) in [6.07, 6.45) is -0.102. The van der Waals surface area contributed by atoms with Crippen molar-refractivity contribution in [2.45, 2.75) is 33.2 Å². The SMILES string of the molecule is Cc1ccc(OCC(=O)NC(C)CC(=O)O)cc1C. The Bertz CT molecular complexity index is 471. The molecule has 0 aliphatic carbocycles. The first-order chi connectivity index (χ1) is 8.88. The number of rotatable bonds is 6. The Morgan fingerprint density at radius 2 is 2.00 bits per heavy atom. The predicted octanol–water partition coefficient (Wildman–Crippen LogP) is 1.66. The topological polar surface area (TPSA) is 75.6 Å². The zero-order chi connectivity index (χ0) is 14.4. The number of hydrogen-bond donors (Lipinski definition) is 2. The molecule has 2 N–H and O–H groups in total. The van der Waals surface area contributed by atoms with Crippen molar-refractivity contribution in [1.29, 1.82) is 0 Å². The molecule has 1 amide bonds. The van der Waals surface area contributed by atoms with Crippen LogP contribution in [-0.4, -0.2) is 29.6 Å². The van der Waals surface area contributed by atoms with Crippen molar-refractivity contribution in [1.82, 2.24) is 5.32 Å². The minimum atomic E-state index is -0.942. The molecule has 0 radical (unpaired) electrons. The highest BCUT2D eigenvalue weighted by atomic mass is 16.5. The van der Waals surface area contributed by atoms with Crippen LogP contribution in [-0.2, 0) is 9.59 Å². The summed E-state index contributed by atoms with van der Waals surface area (Å²) in [7, 11) is 0. The highest BCUT2D eigenvalue weighted by molar-refractivity contribution is 5.78. The third kappa shape index (κ3) is 5.42. The first-order valence-electron chi connectivity index (χ1n) is 6.09. The minimum absolute atomic E-state index is 0.102. The number of carbonyl (C=O) groups is 2. The van der Waals surface area contributed by atoms with Crippen molar-refractivity contribution in [3.05, 3.63) is 29.3 Å². The fourth-order valence-electron chi connectivity index (χ4n) is 1.58. The fraction of sp³-hybridized carbons (Fsp3) is 0.429. The van der Waals surface area contributed by atoms with Crippen molar-refractivity contribution in [3.8, 4) is 5.75 Å². The Balaban J connectivity index is 2.41. The first-order valence-corrected chi connectivity index (χ1v) is 6.09. The highest BCUT2D eigenvalue weighted by Crippen LogP contribution is 2.16. The molecule has 0 saturated heterocycles. The molecule has 0 spiro atoms. The van der Waals surface area contributed by atoms with Gasteiger partial charge in [0, 0.05) is 6.04 Å². The van der Waals surface area contributed by atoms with E-state index in [0.29, 0.717) is 5.75 Å². The van der Waals surface area contributed by atoms with E-state index in [4.69, 9.17) is 9.84 Å². The van der Waals surface area contributed by atoms with Gasteiger partial charge in [-0.1, -0.05) is 6.07 Å². The van der Waals surface area contributed by atoms with Gasteiger partial charge in [0.25, 0.3) is 5.91 Å². The van der Waals surface area contributed by atoms with E-state index in [-0.39, 0.29) is 18.9 Å². The third-order valence-corrected chi connectivity index (χ3v) is 2.74. The zero-order valence-electron chi connectivity index (χ0n) is 11.4. The molecule has 0 saturated carbocycles. The standard InChI is InChI=1S/C14H19NO4/c1-9-4-5-12(6-10(9)2)19-8-13(16)15-11(3)7-14(17)18/h4-6,11H,7-8H2,1-3H3,(H,15,16)(H,17,18). The maximum atomic E-state index is 11.5. The maximum absolute atomic E-state index is 11.5. The van der Waals surface area contributed by atoms with Crippen LogP contribution >= 0.6 is 0 Å². The lowest BCUT2D eigenvalue weighted by molar-refractivity contribution is -0.137. The summed E-state index contributed by atoms with van der Waals surface area (Å²) in [5, 5.41) is 11.1. The zero-order valence-corrected chi connectivity index (χ0v) is 11.4. The van der Waals surface area contributed by atoms with Crippen LogP contribution in [0.1, 0.15) is 24.5 Å². The second-order valence-corrected chi connectivity index (χ2v) is 4.60. The third-order valence-electron chi connectivity index (χ3n) is 2.74. The molecule has 0 aromatic heterocycles. The number of benzene rings is 1. The molecule has 5 heteroatoms. The Labute approximate surface area is 112 Å². The van der Waals surface area contributed by atoms with Crippen LogP contribution < -0.4 is 10.1 Å². The number of aliphatic carboxylic acids is 1. The molecule has 0 heterocycles. The second-order valence-electron chi connectivity index (χ2n) is 4.60. The van der Waals surface area contributed by atoms with Crippen molar-refractivity contribution in [2.75, 3.05) is 6.61 Å². The summed E-state index contributed by atoms with van der Waals surface area (Å²) in [5.74, 6) is -0.640. The van der Waals surface area contributed by atoms with Gasteiger partial charge in [-0.3, -0.25) is 9.59 Å². The molecule has 5 nitrogen and oxygen atoms in total. The van der Waals surface area contributed by atoms with Gasteiger partial charge in [-0.25, -0.2) is 0 Å². The fourth-order valence-corrected chi connectivity index (χ4v) is 1.58. The average Bonchev–Trinajstić information content (AvgIpc) is 2.29. The van der Waals surface area contributed by atoms with Gasteiger partial charge < -0.3 is 15.2 Å². The van der Waals surface area contributed by atoms with E-state index in [1.165, 1.54) is 0 Å². The number of carboxylic acids is 1. The molecule has 1 rings (SSSR count). The maximum Gasteiger partial charge on any atom is 0.305 e. The molecule has 1 atom stereocenters. The van der Waals surface area contributed by atoms with Gasteiger partial charge >= 0.3 is 5.97 Å². The smallest absolute Gasteiger partial charge is 0.305 e. The Morgan fingerprint density at radius 1 is 1.32 bits per heavy atom. The minimum Gasteiger partial charge on any atom is -0.484 e. The lowest BCUT2D eigenvalue weighted by Crippen LogP contribution is -2.37. The van der Waals surface area contributed by atoms with E-state index in [1.54, 1.807) is 13.0 Å². The van der Waals surface area contributed by atoms with Crippen LogP contribution in [0.4, 0.5) is 0 Å². The van der Waals surface area contributed by atoms with Crippen LogP contribution in [0, 0.1) is 13.8 Å². The van der Waals surface area contributed by atoms with Crippen LogP contribution in [0.5, 0.6) is 5.75 Å². The Hall–Kier alpha value is -2.04. The monoisotopic (exact) mass is 265 g/mol. The van der Waals surface area contributed by atoms with Gasteiger partial charge in [0.2, 0.25) is 0 Å². The quantitative estimate of drug-likeness (QED) is 0.820. The van der Waals surface area contributed by atoms with Crippen molar-refractivity contribution in [2.24, 2.45) is 0 Å². The van der Waals surface area contributed by atoms with Crippen LogP contribution in [0.2, 0.25) is 0 Å². The first kappa shape index (κ1) is 15.0. The normalized spacial score (nSPS) is 11.7. The van der Waals surface area contributed by atoms with Crippen molar-refractivity contribution < 1.29 is 19.4 Å². The molecule has 0 fully saturated rings. The molecular weight excluding hydrogens is 246 g/mol. The largest absolute Gasteiger partial charge is 0.484 e. The molecule has 1 aromatic carbocycles. The second kappa shape index (κ2) is 6.78. The van der Waals surface area contributed by atoms with Gasteiger partial charge in [-0.05, 0) is 44.0 Å². The summed E-state index contributed by atoms with van der Waals surface area (Å²) in [6, 6.07) is 5.18. The van der Waals surface area contributed by atoms with E-state index in [0.717, 1.165) is 11.1 Å². The van der Waals surface area contributed by atoms with E-state index in [1.807, 2.05) is 26.0 Å². The van der Waals surface area contributed by atoms with E-state index in [2.05, 4.69) is 5.32 Å². The average molecular weight is 265 g/mol. The Kier molecular flexibility index (Phi) is 5.36. The number of nitrogens with one attached hydrogen (secondary N) is 1. The summed E-state index contributed by atoms with van der Waals surface area (Å²) in [5.41, 5.74) is 2.25. The number of amides is 1. The van der Waals surface area contributed by atoms with Crippen LogP contribution in [0.15, 0.2) is 18.2 Å². The van der Waals surface area contributed by atoms with Crippen molar-refractivity contribution in [3.63, 3.8) is 0 Å². The lowest BCUT2D eigenvalue weighted by Gasteiger charge is -2.12. The van der Waals surface area contributed by atoms with Gasteiger partial charge in [-0.2, -0.15) is 0 Å². The number of hydrogen-bond acceptors (Lipinski definition) is 3. The van der Waals surface area contributed by atoms with E-state index >= 15 is 0 Å². The lowest BCUT2D eigenvalue weighted by atomic mass is 10.1. The molecule has 0 aliphatic heterocycles. The molecule has 1 aromatic rings. The molecule has 104 valence electrons. The predicted molar refractivity (Wildman–Crippen MR) is 71.3 cm³/mol. The van der Waals surface area contributed by atoms with Gasteiger partial charge in [0.15, 0.2) is 6.61 Å². The number of carbonyl (C=O) groups excluding carboxylic acids is 1. The van der Waals surface area contributed by atoms with E-state index < -0.39 is 12.0 Å². The Morgan fingerprint density at radius 3 is 2.58 bits per heavy atom. The van der Waals surface area contributed by atoms with Crippen LogP contribution in [0.25, 0.3) is 0 Å². The summed E-state index contributed by atoms with van der Waals surface area (Å²) in [4.78, 5) is 22.0. The molecule has 1 unspecified atom stereocenters. The number of aryl methyl sites for hydroxylation is 2. The van der Waals surface area contributed by atoms with Gasteiger partial charge in [-0.15, -0.1) is 0 Å². The summed E-state index contributed by atoms with van der Waals surface area (Å²) >= 11 is 0. The molecule has 0 aliphatic rings. The molecule has 0 bridgehead atoms. The summed E-state index contributed by atoms with van der Waals surface area (Å²) < 4.78 is 5.35.